The Morgan fingerprint density at radius 2 is 1.03 bits per heavy atom. The summed E-state index contributed by atoms with van der Waals surface area (Å²) in [6.07, 6.45) is 0.0104. The molecular formula is C29H36O4. The highest BCUT2D eigenvalue weighted by molar-refractivity contribution is 5.18. The third kappa shape index (κ3) is 11.7. The molecule has 4 heteroatoms. The lowest BCUT2D eigenvalue weighted by Gasteiger charge is -2.19. The van der Waals surface area contributed by atoms with Gasteiger partial charge in [-0.2, -0.15) is 0 Å². The van der Waals surface area contributed by atoms with Gasteiger partial charge in [0.1, 0.15) is 23.4 Å². The molecule has 0 radical (unpaired) electrons. The first-order valence-electron chi connectivity index (χ1n) is 11.4. The zero-order chi connectivity index (χ0) is 24.2. The zero-order valence-corrected chi connectivity index (χ0v) is 20.2. The van der Waals surface area contributed by atoms with Crippen LogP contribution in [0.5, 0.6) is 0 Å². The van der Waals surface area contributed by atoms with Crippen LogP contribution in [0.2, 0.25) is 0 Å². The van der Waals surface area contributed by atoms with E-state index in [1.165, 1.54) is 0 Å². The fraction of sp³-hybridized carbons (Fsp3) is 0.448. The maximum absolute atomic E-state index is 10.2. The van der Waals surface area contributed by atoms with Crippen LogP contribution in [0.4, 0.5) is 0 Å². The number of benzene rings is 2. The van der Waals surface area contributed by atoms with E-state index < -0.39 is 23.4 Å². The van der Waals surface area contributed by atoms with Crippen molar-refractivity contribution < 1.29 is 19.7 Å². The minimum absolute atomic E-state index is 0.467. The van der Waals surface area contributed by atoms with Crippen LogP contribution in [-0.4, -0.2) is 33.6 Å². The molecule has 2 rings (SSSR count). The molecule has 4 nitrogen and oxygen atoms in total. The SMILES string of the molecule is CC(C)(C#C[C@@H](O)CCC[C@H](O)C#CC(C)(C)OCc1ccccc1)OCc1ccccc1. The fourth-order valence-electron chi connectivity index (χ4n) is 2.91. The van der Waals surface area contributed by atoms with Gasteiger partial charge in [0.05, 0.1) is 13.2 Å². The van der Waals surface area contributed by atoms with Gasteiger partial charge >= 0.3 is 0 Å². The lowest BCUT2D eigenvalue weighted by Crippen LogP contribution is -2.23. The topological polar surface area (TPSA) is 58.9 Å². The maximum Gasteiger partial charge on any atom is 0.123 e. The van der Waals surface area contributed by atoms with E-state index >= 15 is 0 Å². The van der Waals surface area contributed by atoms with Crippen LogP contribution in [0.1, 0.15) is 58.1 Å². The van der Waals surface area contributed by atoms with Gasteiger partial charge in [0.25, 0.3) is 0 Å². The van der Waals surface area contributed by atoms with Gasteiger partial charge in [0, 0.05) is 0 Å². The third-order valence-electron chi connectivity index (χ3n) is 4.92. The second-order valence-electron chi connectivity index (χ2n) is 9.07. The Hall–Kier alpha value is -2.60. The van der Waals surface area contributed by atoms with Gasteiger partial charge in [-0.15, -0.1) is 0 Å². The zero-order valence-electron chi connectivity index (χ0n) is 20.2. The summed E-state index contributed by atoms with van der Waals surface area (Å²) in [7, 11) is 0. The van der Waals surface area contributed by atoms with Gasteiger partial charge in [0.2, 0.25) is 0 Å². The molecular weight excluding hydrogens is 412 g/mol. The molecule has 0 aliphatic rings. The summed E-state index contributed by atoms with van der Waals surface area (Å²) >= 11 is 0. The molecule has 0 saturated heterocycles. The maximum atomic E-state index is 10.2. The normalized spacial score (nSPS) is 13.3. The summed E-state index contributed by atoms with van der Waals surface area (Å²) in [4.78, 5) is 0. The highest BCUT2D eigenvalue weighted by Crippen LogP contribution is 2.14. The highest BCUT2D eigenvalue weighted by atomic mass is 16.5. The van der Waals surface area contributed by atoms with Crippen molar-refractivity contribution >= 4 is 0 Å². The minimum atomic E-state index is -0.768. The Morgan fingerprint density at radius 1 is 0.667 bits per heavy atom. The number of hydrogen-bond acceptors (Lipinski definition) is 4. The second-order valence-corrected chi connectivity index (χ2v) is 9.07. The minimum Gasteiger partial charge on any atom is -0.380 e. The van der Waals surface area contributed by atoms with Crippen molar-refractivity contribution in [1.29, 1.82) is 0 Å². The van der Waals surface area contributed by atoms with Crippen molar-refractivity contribution in [3.63, 3.8) is 0 Å². The molecule has 33 heavy (non-hydrogen) atoms. The number of ether oxygens (including phenoxy) is 2. The average Bonchev–Trinajstić information content (AvgIpc) is 2.81. The average molecular weight is 449 g/mol. The molecule has 0 aliphatic carbocycles. The van der Waals surface area contributed by atoms with Gasteiger partial charge in [-0.1, -0.05) is 84.3 Å². The summed E-state index contributed by atoms with van der Waals surface area (Å²) in [5.74, 6) is 11.7. The standard InChI is InChI=1S/C29H36O4/c1-28(2,32-22-24-12-7-5-8-13-24)20-18-26(30)16-11-17-27(31)19-21-29(3,4)33-23-25-14-9-6-10-15-25/h5-10,12-15,26-27,30-31H,11,16-17,22-23H2,1-4H3/t26-,27-/m0/s1. The van der Waals surface area contributed by atoms with Crippen LogP contribution in [-0.2, 0) is 22.7 Å². The number of aliphatic hydroxyl groups excluding tert-OH is 2. The summed E-state index contributed by atoms with van der Waals surface area (Å²) in [5, 5.41) is 20.4. The van der Waals surface area contributed by atoms with Crippen LogP contribution in [0, 0.1) is 23.7 Å². The van der Waals surface area contributed by atoms with Gasteiger partial charge in [-0.05, 0) is 58.1 Å². The van der Waals surface area contributed by atoms with Gasteiger partial charge in [-0.25, -0.2) is 0 Å². The molecule has 2 aromatic carbocycles. The van der Waals surface area contributed by atoms with Gasteiger partial charge in [0.15, 0.2) is 0 Å². The van der Waals surface area contributed by atoms with Crippen molar-refractivity contribution in [2.24, 2.45) is 0 Å². The molecule has 0 heterocycles. The van der Waals surface area contributed by atoms with E-state index in [0.717, 1.165) is 11.1 Å². The molecule has 2 N–H and O–H groups in total. The number of rotatable bonds is 10. The molecule has 0 fully saturated rings. The number of hydrogen-bond donors (Lipinski definition) is 2. The summed E-state index contributed by atoms with van der Waals surface area (Å²) in [6, 6.07) is 19.8. The summed E-state index contributed by atoms with van der Waals surface area (Å²) < 4.78 is 11.7. The largest absolute Gasteiger partial charge is 0.380 e. The van der Waals surface area contributed by atoms with E-state index in [0.29, 0.717) is 32.5 Å². The smallest absolute Gasteiger partial charge is 0.123 e. The summed E-state index contributed by atoms with van der Waals surface area (Å²) in [6.45, 7) is 8.48. The first kappa shape index (κ1) is 26.7. The first-order chi connectivity index (χ1) is 15.7. The van der Waals surface area contributed by atoms with Crippen LogP contribution < -0.4 is 0 Å². The third-order valence-corrected chi connectivity index (χ3v) is 4.92. The Kier molecular flexibility index (Phi) is 10.7. The molecule has 0 amide bonds. The Balaban J connectivity index is 1.70. The molecule has 176 valence electrons. The molecule has 0 saturated carbocycles. The van der Waals surface area contributed by atoms with Crippen molar-refractivity contribution in [2.45, 2.75) is 83.6 Å². The molecule has 0 aliphatic heterocycles. The predicted molar refractivity (Wildman–Crippen MR) is 132 cm³/mol. The van der Waals surface area contributed by atoms with Crippen molar-refractivity contribution in [3.05, 3.63) is 71.8 Å². The molecule has 0 spiro atoms. The monoisotopic (exact) mass is 448 g/mol. The predicted octanol–water partition coefficient (Wildman–Crippen LogP) is 4.88. The van der Waals surface area contributed by atoms with Crippen molar-refractivity contribution in [3.8, 4) is 23.7 Å². The molecule has 0 bridgehead atoms. The lowest BCUT2D eigenvalue weighted by atomic mass is 10.1. The molecule has 0 unspecified atom stereocenters. The number of aliphatic hydroxyl groups is 2. The van der Waals surface area contributed by atoms with Crippen LogP contribution in [0.15, 0.2) is 60.7 Å². The fourth-order valence-corrected chi connectivity index (χ4v) is 2.91. The van der Waals surface area contributed by atoms with E-state index in [-0.39, 0.29) is 0 Å². The Morgan fingerprint density at radius 3 is 1.39 bits per heavy atom. The van der Waals surface area contributed by atoms with Crippen molar-refractivity contribution in [1.82, 2.24) is 0 Å². The Labute approximate surface area is 199 Å². The van der Waals surface area contributed by atoms with Crippen LogP contribution in [0.3, 0.4) is 0 Å². The quantitative estimate of drug-likeness (QED) is 0.509. The van der Waals surface area contributed by atoms with E-state index in [1.54, 1.807) is 0 Å². The van der Waals surface area contributed by atoms with Gasteiger partial charge in [-0.3, -0.25) is 0 Å². The molecule has 2 atom stereocenters. The van der Waals surface area contributed by atoms with E-state index in [2.05, 4.69) is 23.7 Å². The van der Waals surface area contributed by atoms with Crippen LogP contribution in [0.25, 0.3) is 0 Å². The lowest BCUT2D eigenvalue weighted by molar-refractivity contribution is 0.0139. The van der Waals surface area contributed by atoms with E-state index in [1.807, 2.05) is 88.4 Å². The molecule has 2 aromatic rings. The van der Waals surface area contributed by atoms with E-state index in [9.17, 15) is 10.2 Å². The highest BCUT2D eigenvalue weighted by Gasteiger charge is 2.16. The molecule has 0 aromatic heterocycles. The Bertz CT molecular complexity index is 864. The van der Waals surface area contributed by atoms with Gasteiger partial charge < -0.3 is 19.7 Å². The first-order valence-corrected chi connectivity index (χ1v) is 11.4. The van der Waals surface area contributed by atoms with Crippen LogP contribution >= 0.6 is 0 Å². The second kappa shape index (κ2) is 13.2. The van der Waals surface area contributed by atoms with E-state index in [4.69, 9.17) is 9.47 Å². The van der Waals surface area contributed by atoms with Crippen molar-refractivity contribution in [2.75, 3.05) is 0 Å². The summed E-state index contributed by atoms with van der Waals surface area (Å²) in [5.41, 5.74) is 0.841.